The molecule has 2 aromatic heterocycles. The Morgan fingerprint density at radius 1 is 1.11 bits per heavy atom. The largest absolute Gasteiger partial charge is 0.494 e. The van der Waals surface area contributed by atoms with Crippen molar-refractivity contribution in [3.8, 4) is 5.75 Å². The minimum absolute atomic E-state index is 0.204. The van der Waals surface area contributed by atoms with E-state index in [-0.39, 0.29) is 12.4 Å². The third-order valence-electron chi connectivity index (χ3n) is 4.50. The lowest BCUT2D eigenvalue weighted by molar-refractivity contribution is 0.0474. The van der Waals surface area contributed by atoms with E-state index in [1.807, 2.05) is 38.3 Å². The summed E-state index contributed by atoms with van der Waals surface area (Å²) in [5.74, 6) is -0.0399. The molecular weight excluding hydrogens is 374 g/mol. The second-order valence-corrected chi connectivity index (χ2v) is 7.44. The molecular formula is C22H23NO4S. The number of ether oxygens (including phenoxy) is 2. The van der Waals surface area contributed by atoms with Crippen LogP contribution >= 0.6 is 11.3 Å². The Labute approximate surface area is 168 Å². The third-order valence-corrected chi connectivity index (χ3v) is 5.36. The van der Waals surface area contributed by atoms with E-state index in [1.54, 1.807) is 35.6 Å². The summed E-state index contributed by atoms with van der Waals surface area (Å²) in [7, 11) is 0. The molecule has 5 nitrogen and oxygen atoms in total. The van der Waals surface area contributed by atoms with Gasteiger partial charge in [-0.2, -0.15) is 0 Å². The van der Waals surface area contributed by atoms with Gasteiger partial charge in [-0.05, 0) is 62.5 Å². The normalized spacial score (nSPS) is 10.7. The molecule has 0 saturated heterocycles. The fourth-order valence-electron chi connectivity index (χ4n) is 3.03. The average molecular weight is 397 g/mol. The number of thiophene rings is 1. The summed E-state index contributed by atoms with van der Waals surface area (Å²) in [5.41, 5.74) is 2.87. The van der Waals surface area contributed by atoms with Crippen LogP contribution in [0, 0.1) is 13.8 Å². The quantitative estimate of drug-likeness (QED) is 0.410. The van der Waals surface area contributed by atoms with Gasteiger partial charge in [-0.3, -0.25) is 4.79 Å². The standard InChI is InChI=1S/C22H23NO4S/c1-4-26-18-9-7-17(8-10-18)22(25)27-14-21(24)20-12-15(2)23(16(20)3)13-19-6-5-11-28-19/h5-12H,4,13-14H2,1-3H3. The molecule has 0 N–H and O–H groups in total. The third kappa shape index (κ3) is 4.51. The first-order chi connectivity index (χ1) is 13.5. The number of aryl methyl sites for hydroxylation is 1. The number of carbonyl (C=O) groups is 2. The predicted octanol–water partition coefficient (Wildman–Crippen LogP) is 4.65. The Kier molecular flexibility index (Phi) is 6.31. The molecule has 0 spiro atoms. The molecule has 0 bridgehead atoms. The summed E-state index contributed by atoms with van der Waals surface area (Å²) in [6.07, 6.45) is 0. The second-order valence-electron chi connectivity index (χ2n) is 6.41. The van der Waals surface area contributed by atoms with E-state index in [2.05, 4.69) is 10.6 Å². The highest BCUT2D eigenvalue weighted by Crippen LogP contribution is 2.20. The van der Waals surface area contributed by atoms with E-state index >= 15 is 0 Å². The first-order valence-corrected chi connectivity index (χ1v) is 10.00. The minimum Gasteiger partial charge on any atom is -0.494 e. The lowest BCUT2D eigenvalue weighted by atomic mass is 10.1. The first-order valence-electron chi connectivity index (χ1n) is 9.12. The van der Waals surface area contributed by atoms with Crippen LogP contribution in [0.3, 0.4) is 0 Å². The van der Waals surface area contributed by atoms with Crippen molar-refractivity contribution in [2.45, 2.75) is 27.3 Å². The second kappa shape index (κ2) is 8.89. The lowest BCUT2D eigenvalue weighted by Crippen LogP contribution is -2.15. The molecule has 0 aliphatic carbocycles. The van der Waals surface area contributed by atoms with Crippen LogP contribution in [-0.2, 0) is 11.3 Å². The number of hydrogen-bond donors (Lipinski definition) is 0. The van der Waals surface area contributed by atoms with Crippen molar-refractivity contribution >= 4 is 23.1 Å². The van der Waals surface area contributed by atoms with Crippen LogP contribution in [0.2, 0.25) is 0 Å². The number of hydrogen-bond acceptors (Lipinski definition) is 5. The molecule has 0 saturated carbocycles. The summed E-state index contributed by atoms with van der Waals surface area (Å²) in [5, 5.41) is 2.04. The van der Waals surface area contributed by atoms with Crippen molar-refractivity contribution in [1.82, 2.24) is 4.57 Å². The molecule has 0 unspecified atom stereocenters. The molecule has 0 atom stereocenters. The van der Waals surface area contributed by atoms with Gasteiger partial charge in [0.1, 0.15) is 5.75 Å². The van der Waals surface area contributed by atoms with Crippen LogP contribution < -0.4 is 4.74 Å². The first kappa shape index (κ1) is 19.9. The summed E-state index contributed by atoms with van der Waals surface area (Å²) >= 11 is 1.68. The van der Waals surface area contributed by atoms with Gasteiger partial charge in [-0.1, -0.05) is 6.07 Å². The Bertz CT molecular complexity index is 955. The highest BCUT2D eigenvalue weighted by atomic mass is 32.1. The van der Waals surface area contributed by atoms with Crippen LogP contribution in [0.4, 0.5) is 0 Å². The lowest BCUT2D eigenvalue weighted by Gasteiger charge is -2.09. The van der Waals surface area contributed by atoms with Gasteiger partial charge >= 0.3 is 5.97 Å². The molecule has 0 radical (unpaired) electrons. The van der Waals surface area contributed by atoms with Crippen LogP contribution in [0.1, 0.15) is 43.9 Å². The van der Waals surface area contributed by atoms with Gasteiger partial charge in [0.25, 0.3) is 0 Å². The van der Waals surface area contributed by atoms with E-state index in [4.69, 9.17) is 9.47 Å². The molecule has 0 aliphatic rings. The van der Waals surface area contributed by atoms with Gasteiger partial charge in [-0.15, -0.1) is 11.3 Å². The van der Waals surface area contributed by atoms with E-state index in [1.165, 1.54) is 4.88 Å². The number of esters is 1. The zero-order valence-electron chi connectivity index (χ0n) is 16.2. The minimum atomic E-state index is -0.524. The Morgan fingerprint density at radius 3 is 2.50 bits per heavy atom. The molecule has 2 heterocycles. The number of carbonyl (C=O) groups excluding carboxylic acids is 2. The topological polar surface area (TPSA) is 57.5 Å². The molecule has 0 fully saturated rings. The van der Waals surface area contributed by atoms with Crippen molar-refractivity contribution in [3.05, 3.63) is 75.2 Å². The maximum Gasteiger partial charge on any atom is 0.338 e. The summed E-state index contributed by atoms with van der Waals surface area (Å²) in [4.78, 5) is 26.0. The van der Waals surface area contributed by atoms with Crippen molar-refractivity contribution < 1.29 is 19.1 Å². The molecule has 6 heteroatoms. The highest BCUT2D eigenvalue weighted by Gasteiger charge is 2.18. The number of rotatable bonds is 8. The van der Waals surface area contributed by atoms with Crippen molar-refractivity contribution in [1.29, 1.82) is 0 Å². The van der Waals surface area contributed by atoms with Crippen LogP contribution in [0.5, 0.6) is 5.75 Å². The van der Waals surface area contributed by atoms with Crippen LogP contribution in [0.15, 0.2) is 47.8 Å². The SMILES string of the molecule is CCOc1ccc(C(=O)OCC(=O)c2cc(C)n(Cc3cccs3)c2C)cc1. The maximum atomic E-state index is 12.6. The molecule has 0 amide bonds. The number of nitrogens with zero attached hydrogens (tertiary/aromatic N) is 1. The van der Waals surface area contributed by atoms with Crippen LogP contribution in [-0.4, -0.2) is 29.5 Å². The van der Waals surface area contributed by atoms with Gasteiger partial charge in [0, 0.05) is 21.8 Å². The number of ketones is 1. The molecule has 0 aliphatic heterocycles. The van der Waals surface area contributed by atoms with E-state index in [0.717, 1.165) is 17.9 Å². The van der Waals surface area contributed by atoms with Gasteiger partial charge in [-0.25, -0.2) is 4.79 Å². The fraction of sp³-hybridized carbons (Fsp3) is 0.273. The molecule has 3 aromatic rings. The smallest absolute Gasteiger partial charge is 0.338 e. The van der Waals surface area contributed by atoms with Gasteiger partial charge in [0.2, 0.25) is 5.78 Å². The van der Waals surface area contributed by atoms with Gasteiger partial charge in [0.15, 0.2) is 6.61 Å². The van der Waals surface area contributed by atoms with E-state index < -0.39 is 5.97 Å². The molecule has 3 rings (SSSR count). The van der Waals surface area contributed by atoms with Crippen LogP contribution in [0.25, 0.3) is 0 Å². The predicted molar refractivity (Wildman–Crippen MR) is 110 cm³/mol. The number of Topliss-reactive ketones (excluding diaryl/α,β-unsaturated/α-hetero) is 1. The molecule has 1 aromatic carbocycles. The zero-order chi connectivity index (χ0) is 20.1. The monoisotopic (exact) mass is 397 g/mol. The fourth-order valence-corrected chi connectivity index (χ4v) is 3.72. The van der Waals surface area contributed by atoms with Crippen molar-refractivity contribution in [2.24, 2.45) is 0 Å². The van der Waals surface area contributed by atoms with Gasteiger partial charge in [0.05, 0.1) is 18.7 Å². The molecule has 146 valence electrons. The number of aromatic nitrogens is 1. The molecule has 28 heavy (non-hydrogen) atoms. The van der Waals surface area contributed by atoms with Gasteiger partial charge < -0.3 is 14.0 Å². The van der Waals surface area contributed by atoms with Crippen molar-refractivity contribution in [3.63, 3.8) is 0 Å². The summed E-state index contributed by atoms with van der Waals surface area (Å²) in [6, 6.07) is 12.6. The highest BCUT2D eigenvalue weighted by molar-refractivity contribution is 7.09. The number of benzene rings is 1. The van der Waals surface area contributed by atoms with E-state index in [0.29, 0.717) is 23.5 Å². The maximum absolute atomic E-state index is 12.6. The Hall–Kier alpha value is -2.86. The summed E-state index contributed by atoms with van der Waals surface area (Å²) in [6.45, 7) is 6.80. The Morgan fingerprint density at radius 2 is 1.86 bits per heavy atom. The average Bonchev–Trinajstić information content (AvgIpc) is 3.30. The van der Waals surface area contributed by atoms with E-state index in [9.17, 15) is 9.59 Å². The Balaban J connectivity index is 1.64. The van der Waals surface area contributed by atoms with Crippen molar-refractivity contribution in [2.75, 3.05) is 13.2 Å². The summed E-state index contributed by atoms with van der Waals surface area (Å²) < 4.78 is 12.7. The zero-order valence-corrected chi connectivity index (χ0v) is 17.0.